The number of methoxy groups -OCH3 is 1. The average molecular weight is 308 g/mol. The monoisotopic (exact) mass is 308 g/mol. The van der Waals surface area contributed by atoms with Crippen LogP contribution in [0.15, 0.2) is 24.3 Å². The molecule has 0 saturated carbocycles. The van der Waals surface area contributed by atoms with Crippen molar-refractivity contribution >= 4 is 12.0 Å². The van der Waals surface area contributed by atoms with Crippen molar-refractivity contribution in [3.05, 3.63) is 35.6 Å². The summed E-state index contributed by atoms with van der Waals surface area (Å²) in [5.74, 6) is -0.238. The number of nitrogens with zero attached hydrogens (tertiary/aromatic N) is 1. The van der Waals surface area contributed by atoms with Crippen LogP contribution in [0.4, 0.5) is 9.18 Å². The first-order valence-corrected chi connectivity index (χ1v) is 7.48. The summed E-state index contributed by atoms with van der Waals surface area (Å²) in [4.78, 5) is 25.0. The topological polar surface area (TPSA) is 58.6 Å². The number of halogens is 1. The number of carbonyl (C=O) groups is 2. The van der Waals surface area contributed by atoms with Gasteiger partial charge in [0.15, 0.2) is 0 Å². The van der Waals surface area contributed by atoms with E-state index in [0.717, 1.165) is 18.4 Å². The number of ether oxygens (including phenoxy) is 1. The highest BCUT2D eigenvalue weighted by Crippen LogP contribution is 2.32. The molecule has 1 N–H and O–H groups in total. The number of carbonyl (C=O) groups excluding carboxylic acids is 2. The molecule has 1 fully saturated rings. The minimum atomic E-state index is -0.494. The van der Waals surface area contributed by atoms with Crippen LogP contribution < -0.4 is 5.32 Å². The molecule has 0 spiro atoms. The number of hydrogen-bond donors (Lipinski definition) is 1. The average Bonchev–Trinajstić information content (AvgIpc) is 3.00. The molecule has 1 aromatic rings. The first kappa shape index (κ1) is 16.3. The maximum absolute atomic E-state index is 13.4. The van der Waals surface area contributed by atoms with E-state index in [0.29, 0.717) is 25.9 Å². The van der Waals surface area contributed by atoms with Gasteiger partial charge in [-0.2, -0.15) is 0 Å². The lowest BCUT2D eigenvalue weighted by atomic mass is 10.0. The zero-order chi connectivity index (χ0) is 15.9. The molecule has 22 heavy (non-hydrogen) atoms. The Labute approximate surface area is 129 Å². The van der Waals surface area contributed by atoms with E-state index in [1.165, 1.54) is 19.2 Å². The Balaban J connectivity index is 1.87. The Morgan fingerprint density at radius 1 is 1.45 bits per heavy atom. The van der Waals surface area contributed by atoms with E-state index in [1.54, 1.807) is 6.07 Å². The van der Waals surface area contributed by atoms with Crippen molar-refractivity contribution in [3.8, 4) is 0 Å². The quantitative estimate of drug-likeness (QED) is 0.851. The van der Waals surface area contributed by atoms with Gasteiger partial charge in [-0.1, -0.05) is 12.1 Å². The van der Waals surface area contributed by atoms with Crippen molar-refractivity contribution < 1.29 is 18.7 Å². The van der Waals surface area contributed by atoms with Gasteiger partial charge in [-0.15, -0.1) is 0 Å². The summed E-state index contributed by atoms with van der Waals surface area (Å²) in [5, 5.41) is 2.55. The molecular formula is C16H21FN2O3. The lowest BCUT2D eigenvalue weighted by molar-refractivity contribution is -0.132. The second kappa shape index (κ2) is 7.77. The smallest absolute Gasteiger partial charge is 0.406 e. The molecule has 1 heterocycles. The molecular weight excluding hydrogens is 287 g/mol. The number of alkyl carbamates (subject to hydrolysis) is 1. The second-order valence-electron chi connectivity index (χ2n) is 5.32. The Morgan fingerprint density at radius 3 is 3.00 bits per heavy atom. The summed E-state index contributed by atoms with van der Waals surface area (Å²) < 4.78 is 17.8. The van der Waals surface area contributed by atoms with Crippen LogP contribution in [-0.4, -0.2) is 37.1 Å². The highest BCUT2D eigenvalue weighted by molar-refractivity contribution is 5.77. The van der Waals surface area contributed by atoms with Crippen LogP contribution in [0.5, 0.6) is 0 Å². The molecule has 1 atom stereocenters. The van der Waals surface area contributed by atoms with E-state index in [1.807, 2.05) is 11.0 Å². The molecule has 1 aliphatic heterocycles. The Hall–Kier alpha value is -2.11. The zero-order valence-corrected chi connectivity index (χ0v) is 12.7. The Morgan fingerprint density at radius 2 is 2.27 bits per heavy atom. The van der Waals surface area contributed by atoms with Gasteiger partial charge in [-0.3, -0.25) is 4.79 Å². The summed E-state index contributed by atoms with van der Waals surface area (Å²) in [6.07, 6.45) is 2.20. The molecule has 1 unspecified atom stereocenters. The van der Waals surface area contributed by atoms with Crippen molar-refractivity contribution in [1.82, 2.24) is 10.2 Å². The molecule has 1 saturated heterocycles. The lowest BCUT2D eigenvalue weighted by Crippen LogP contribution is -2.31. The fraction of sp³-hybridized carbons (Fsp3) is 0.500. The van der Waals surface area contributed by atoms with Crippen LogP contribution in [-0.2, 0) is 9.53 Å². The van der Waals surface area contributed by atoms with Crippen LogP contribution in [0.1, 0.15) is 37.3 Å². The maximum Gasteiger partial charge on any atom is 0.406 e. The van der Waals surface area contributed by atoms with E-state index in [9.17, 15) is 14.0 Å². The molecule has 1 aromatic carbocycles. The molecule has 2 amide bonds. The number of benzene rings is 1. The van der Waals surface area contributed by atoms with E-state index in [-0.39, 0.29) is 17.8 Å². The second-order valence-corrected chi connectivity index (χ2v) is 5.32. The van der Waals surface area contributed by atoms with Crippen LogP contribution >= 0.6 is 0 Å². The van der Waals surface area contributed by atoms with Gasteiger partial charge < -0.3 is 15.0 Å². The summed E-state index contributed by atoms with van der Waals surface area (Å²) in [6, 6.07) is 6.39. The van der Waals surface area contributed by atoms with Crippen molar-refractivity contribution in [2.45, 2.75) is 31.7 Å². The van der Waals surface area contributed by atoms with Crippen LogP contribution in [0.3, 0.4) is 0 Å². The van der Waals surface area contributed by atoms with Gasteiger partial charge in [0.05, 0.1) is 13.2 Å². The first-order valence-electron chi connectivity index (χ1n) is 7.48. The fourth-order valence-electron chi connectivity index (χ4n) is 2.77. The lowest BCUT2D eigenvalue weighted by Gasteiger charge is -2.25. The highest BCUT2D eigenvalue weighted by atomic mass is 19.1. The third kappa shape index (κ3) is 4.19. The molecule has 2 rings (SSSR count). The summed E-state index contributed by atoms with van der Waals surface area (Å²) >= 11 is 0. The number of amides is 2. The van der Waals surface area contributed by atoms with E-state index >= 15 is 0 Å². The minimum Gasteiger partial charge on any atom is -0.453 e. The van der Waals surface area contributed by atoms with Crippen molar-refractivity contribution in [1.29, 1.82) is 0 Å². The molecule has 1 aliphatic rings. The van der Waals surface area contributed by atoms with E-state index in [2.05, 4.69) is 10.1 Å². The van der Waals surface area contributed by atoms with Crippen molar-refractivity contribution in [2.24, 2.45) is 0 Å². The molecule has 0 bridgehead atoms. The number of rotatable bonds is 5. The highest BCUT2D eigenvalue weighted by Gasteiger charge is 2.29. The fourth-order valence-corrected chi connectivity index (χ4v) is 2.77. The van der Waals surface area contributed by atoms with Crippen molar-refractivity contribution in [2.75, 3.05) is 20.2 Å². The van der Waals surface area contributed by atoms with Gasteiger partial charge in [0.25, 0.3) is 0 Å². The normalized spacial score (nSPS) is 17.4. The van der Waals surface area contributed by atoms with Gasteiger partial charge in [-0.25, -0.2) is 9.18 Å². The maximum atomic E-state index is 13.4. The van der Waals surface area contributed by atoms with E-state index in [4.69, 9.17) is 0 Å². The summed E-state index contributed by atoms with van der Waals surface area (Å²) in [7, 11) is 1.30. The molecule has 5 nitrogen and oxygen atoms in total. The SMILES string of the molecule is COC(=O)NCCCC(=O)N1CCCC1c1cccc(F)c1. The van der Waals surface area contributed by atoms with Crippen molar-refractivity contribution in [3.63, 3.8) is 0 Å². The standard InChI is InChI=1S/C16H21FN2O3/c1-22-16(21)18-9-3-8-15(20)19-10-4-7-14(19)12-5-2-6-13(17)11-12/h2,5-6,11,14H,3-4,7-10H2,1H3,(H,18,21). The predicted molar refractivity (Wildman–Crippen MR) is 79.7 cm³/mol. The van der Waals surface area contributed by atoms with Crippen LogP contribution in [0.2, 0.25) is 0 Å². The molecule has 0 aliphatic carbocycles. The Bertz CT molecular complexity index is 536. The molecule has 6 heteroatoms. The third-order valence-electron chi connectivity index (χ3n) is 3.83. The van der Waals surface area contributed by atoms with Gasteiger partial charge >= 0.3 is 6.09 Å². The first-order chi connectivity index (χ1) is 10.6. The number of likely N-dealkylation sites (tertiary alicyclic amines) is 1. The predicted octanol–water partition coefficient (Wildman–Crippen LogP) is 2.63. The van der Waals surface area contributed by atoms with E-state index < -0.39 is 6.09 Å². The minimum absolute atomic E-state index is 0.0402. The number of hydrogen-bond acceptors (Lipinski definition) is 3. The Kier molecular flexibility index (Phi) is 5.75. The summed E-state index contributed by atoms with van der Waals surface area (Å²) in [5.41, 5.74) is 0.846. The van der Waals surface area contributed by atoms with Crippen LogP contribution in [0, 0.1) is 5.82 Å². The largest absolute Gasteiger partial charge is 0.453 e. The zero-order valence-electron chi connectivity index (χ0n) is 12.7. The van der Waals surface area contributed by atoms with Gasteiger partial charge in [0.2, 0.25) is 5.91 Å². The molecule has 120 valence electrons. The molecule has 0 radical (unpaired) electrons. The van der Waals surface area contributed by atoms with Gasteiger partial charge in [0, 0.05) is 19.5 Å². The van der Waals surface area contributed by atoms with Crippen LogP contribution in [0.25, 0.3) is 0 Å². The van der Waals surface area contributed by atoms with Gasteiger partial charge in [0.1, 0.15) is 5.82 Å². The third-order valence-corrected chi connectivity index (χ3v) is 3.83. The number of nitrogens with one attached hydrogen (secondary N) is 1. The molecule has 0 aromatic heterocycles. The summed E-state index contributed by atoms with van der Waals surface area (Å²) in [6.45, 7) is 1.10. The van der Waals surface area contributed by atoms with Gasteiger partial charge in [-0.05, 0) is 37.0 Å².